The number of pyridine rings is 1. The topological polar surface area (TPSA) is 34.1 Å². The Morgan fingerprint density at radius 2 is 2.44 bits per heavy atom. The average Bonchev–Trinajstić information content (AvgIpc) is 3.12. The molecule has 2 rings (SSSR count). The fourth-order valence-corrected chi connectivity index (χ4v) is 1.47. The zero-order valence-corrected chi connectivity index (χ0v) is 9.48. The Bertz CT molecular complexity index is 348. The fourth-order valence-electron chi connectivity index (χ4n) is 1.47. The molecule has 3 nitrogen and oxygen atoms in total. The molecular formula is C13H18N2O. The highest BCUT2D eigenvalue weighted by Crippen LogP contribution is 2.21. The largest absolute Gasteiger partial charge is 0.477 e. The second-order valence-corrected chi connectivity index (χ2v) is 4.05. The van der Waals surface area contributed by atoms with E-state index in [0.29, 0.717) is 12.6 Å². The van der Waals surface area contributed by atoms with Crippen LogP contribution >= 0.6 is 0 Å². The minimum absolute atomic E-state index is 0.650. The average molecular weight is 218 g/mol. The molecule has 1 aromatic heterocycles. The van der Waals surface area contributed by atoms with Crippen LogP contribution in [0.3, 0.4) is 0 Å². The van der Waals surface area contributed by atoms with Crippen molar-refractivity contribution < 1.29 is 4.74 Å². The van der Waals surface area contributed by atoms with Crippen molar-refractivity contribution in [2.75, 3.05) is 6.61 Å². The van der Waals surface area contributed by atoms with Crippen LogP contribution in [-0.2, 0) is 6.54 Å². The molecule has 0 spiro atoms. The van der Waals surface area contributed by atoms with Crippen molar-refractivity contribution in [1.29, 1.82) is 0 Å². The number of rotatable bonds is 7. The third kappa shape index (κ3) is 3.35. The lowest BCUT2D eigenvalue weighted by Gasteiger charge is -2.09. The van der Waals surface area contributed by atoms with E-state index in [1.54, 1.807) is 6.20 Å². The van der Waals surface area contributed by atoms with Gasteiger partial charge in [-0.3, -0.25) is 0 Å². The van der Waals surface area contributed by atoms with Crippen molar-refractivity contribution in [2.45, 2.75) is 31.8 Å². The van der Waals surface area contributed by atoms with Crippen LogP contribution in [0.4, 0.5) is 0 Å². The maximum absolute atomic E-state index is 5.61. The second-order valence-electron chi connectivity index (χ2n) is 4.05. The molecule has 0 radical (unpaired) electrons. The van der Waals surface area contributed by atoms with Gasteiger partial charge in [-0.2, -0.15) is 0 Å². The summed E-state index contributed by atoms with van der Waals surface area (Å²) in [5.41, 5.74) is 1.14. The van der Waals surface area contributed by atoms with Crippen LogP contribution in [0.15, 0.2) is 31.0 Å². The SMILES string of the molecule is C=CCCOc1ncccc1CNC1CC1. The van der Waals surface area contributed by atoms with Gasteiger partial charge in [-0.15, -0.1) is 6.58 Å². The highest BCUT2D eigenvalue weighted by molar-refractivity contribution is 5.25. The van der Waals surface area contributed by atoms with Crippen LogP contribution in [0.5, 0.6) is 5.88 Å². The summed E-state index contributed by atoms with van der Waals surface area (Å²) in [5, 5.41) is 3.46. The molecule has 0 atom stereocenters. The van der Waals surface area contributed by atoms with E-state index in [-0.39, 0.29) is 0 Å². The third-order valence-electron chi connectivity index (χ3n) is 2.57. The minimum atomic E-state index is 0.650. The highest BCUT2D eigenvalue weighted by Gasteiger charge is 2.20. The van der Waals surface area contributed by atoms with Gasteiger partial charge in [0.2, 0.25) is 5.88 Å². The standard InChI is InChI=1S/C13H18N2O/c1-2-3-9-16-13-11(5-4-8-14-13)10-15-12-6-7-12/h2,4-5,8,12,15H,1,3,6-7,9-10H2. The number of nitrogens with zero attached hydrogens (tertiary/aromatic N) is 1. The first-order valence-electron chi connectivity index (χ1n) is 5.81. The van der Waals surface area contributed by atoms with E-state index in [0.717, 1.165) is 24.4 Å². The zero-order chi connectivity index (χ0) is 11.2. The van der Waals surface area contributed by atoms with Gasteiger partial charge in [0, 0.05) is 24.3 Å². The maximum Gasteiger partial charge on any atom is 0.217 e. The van der Waals surface area contributed by atoms with Gasteiger partial charge in [0.05, 0.1) is 6.61 Å². The highest BCUT2D eigenvalue weighted by atomic mass is 16.5. The minimum Gasteiger partial charge on any atom is -0.477 e. The van der Waals surface area contributed by atoms with Gasteiger partial charge in [-0.1, -0.05) is 12.1 Å². The van der Waals surface area contributed by atoms with Crippen molar-refractivity contribution in [3.05, 3.63) is 36.5 Å². The van der Waals surface area contributed by atoms with Crippen molar-refractivity contribution in [2.24, 2.45) is 0 Å². The van der Waals surface area contributed by atoms with Crippen molar-refractivity contribution >= 4 is 0 Å². The Labute approximate surface area is 96.5 Å². The van der Waals surface area contributed by atoms with E-state index >= 15 is 0 Å². The fraction of sp³-hybridized carbons (Fsp3) is 0.462. The summed E-state index contributed by atoms with van der Waals surface area (Å²) >= 11 is 0. The van der Waals surface area contributed by atoms with Crippen LogP contribution in [0.1, 0.15) is 24.8 Å². The Morgan fingerprint density at radius 3 is 3.19 bits per heavy atom. The lowest BCUT2D eigenvalue weighted by molar-refractivity contribution is 0.308. The van der Waals surface area contributed by atoms with Gasteiger partial charge in [-0.25, -0.2) is 4.98 Å². The molecule has 16 heavy (non-hydrogen) atoms. The monoisotopic (exact) mass is 218 g/mol. The van der Waals surface area contributed by atoms with E-state index in [1.165, 1.54) is 12.8 Å². The van der Waals surface area contributed by atoms with Crippen molar-refractivity contribution in [3.8, 4) is 5.88 Å². The van der Waals surface area contributed by atoms with Crippen LogP contribution in [0.25, 0.3) is 0 Å². The van der Waals surface area contributed by atoms with Gasteiger partial charge < -0.3 is 10.1 Å². The summed E-state index contributed by atoms with van der Waals surface area (Å²) in [7, 11) is 0. The molecule has 1 fully saturated rings. The molecule has 1 N–H and O–H groups in total. The Morgan fingerprint density at radius 1 is 1.56 bits per heavy atom. The van der Waals surface area contributed by atoms with E-state index in [1.807, 2.05) is 12.1 Å². The summed E-state index contributed by atoms with van der Waals surface area (Å²) in [6.07, 6.45) is 7.07. The molecule has 0 aromatic carbocycles. The molecular weight excluding hydrogens is 200 g/mol. The van der Waals surface area contributed by atoms with Gasteiger partial charge in [-0.05, 0) is 25.3 Å². The Balaban J connectivity index is 1.89. The summed E-state index contributed by atoms with van der Waals surface area (Å²) in [4.78, 5) is 4.25. The van der Waals surface area contributed by atoms with E-state index in [4.69, 9.17) is 4.74 Å². The van der Waals surface area contributed by atoms with Crippen molar-refractivity contribution in [1.82, 2.24) is 10.3 Å². The van der Waals surface area contributed by atoms with Crippen LogP contribution in [-0.4, -0.2) is 17.6 Å². The normalized spacial score (nSPS) is 14.8. The number of nitrogens with one attached hydrogen (secondary N) is 1. The van der Waals surface area contributed by atoms with Gasteiger partial charge >= 0.3 is 0 Å². The number of ether oxygens (including phenoxy) is 1. The number of hydrogen-bond acceptors (Lipinski definition) is 3. The summed E-state index contributed by atoms with van der Waals surface area (Å²) in [6, 6.07) is 4.72. The molecule has 1 heterocycles. The lowest BCUT2D eigenvalue weighted by Crippen LogP contribution is -2.16. The molecule has 1 aromatic rings. The molecule has 0 saturated heterocycles. The zero-order valence-electron chi connectivity index (χ0n) is 9.48. The van der Waals surface area contributed by atoms with Crippen LogP contribution in [0.2, 0.25) is 0 Å². The molecule has 0 unspecified atom stereocenters. The first-order chi connectivity index (χ1) is 7.90. The quantitative estimate of drug-likeness (QED) is 0.563. The Hall–Kier alpha value is -1.35. The molecule has 0 bridgehead atoms. The molecule has 0 amide bonds. The summed E-state index contributed by atoms with van der Waals surface area (Å²) in [6.45, 7) is 5.17. The van der Waals surface area contributed by atoms with E-state index in [2.05, 4.69) is 22.9 Å². The molecule has 86 valence electrons. The van der Waals surface area contributed by atoms with E-state index < -0.39 is 0 Å². The Kier molecular flexibility index (Phi) is 3.94. The number of aromatic nitrogens is 1. The molecule has 1 aliphatic carbocycles. The van der Waals surface area contributed by atoms with Gasteiger partial charge in [0.15, 0.2) is 0 Å². The second kappa shape index (κ2) is 5.66. The predicted octanol–water partition coefficient (Wildman–Crippen LogP) is 2.29. The van der Waals surface area contributed by atoms with Crippen LogP contribution in [0, 0.1) is 0 Å². The third-order valence-corrected chi connectivity index (χ3v) is 2.57. The summed E-state index contributed by atoms with van der Waals surface area (Å²) < 4.78 is 5.61. The lowest BCUT2D eigenvalue weighted by atomic mass is 10.2. The maximum atomic E-state index is 5.61. The van der Waals surface area contributed by atoms with Crippen molar-refractivity contribution in [3.63, 3.8) is 0 Å². The smallest absolute Gasteiger partial charge is 0.217 e. The first-order valence-corrected chi connectivity index (χ1v) is 5.81. The van der Waals surface area contributed by atoms with Crippen LogP contribution < -0.4 is 10.1 Å². The molecule has 3 heteroatoms. The predicted molar refractivity (Wildman–Crippen MR) is 64.4 cm³/mol. The molecule has 0 aliphatic heterocycles. The molecule has 1 aliphatic rings. The summed E-state index contributed by atoms with van der Waals surface area (Å²) in [5.74, 6) is 0.748. The number of hydrogen-bond donors (Lipinski definition) is 1. The van der Waals surface area contributed by atoms with E-state index in [9.17, 15) is 0 Å². The van der Waals surface area contributed by atoms with Gasteiger partial charge in [0.1, 0.15) is 0 Å². The molecule has 1 saturated carbocycles. The van der Waals surface area contributed by atoms with Gasteiger partial charge in [0.25, 0.3) is 0 Å². The first kappa shape index (κ1) is 11.1.